The Balaban J connectivity index is 1.74. The van der Waals surface area contributed by atoms with Crippen LogP contribution in [0.5, 0.6) is 0 Å². The van der Waals surface area contributed by atoms with Gasteiger partial charge >= 0.3 is 0 Å². The Morgan fingerprint density at radius 2 is 2.11 bits per heavy atom. The van der Waals surface area contributed by atoms with Gasteiger partial charge in [-0.05, 0) is 30.5 Å². The first-order chi connectivity index (χ1) is 9.22. The molecule has 5 heteroatoms. The Bertz CT molecular complexity index is 576. The van der Waals surface area contributed by atoms with Crippen LogP contribution >= 0.6 is 11.3 Å². The zero-order valence-corrected chi connectivity index (χ0v) is 11.4. The van der Waals surface area contributed by atoms with Gasteiger partial charge in [0.2, 0.25) is 0 Å². The fourth-order valence-electron chi connectivity index (χ4n) is 2.34. The molecule has 0 unspecified atom stereocenters. The van der Waals surface area contributed by atoms with E-state index in [1.807, 2.05) is 6.20 Å². The molecule has 2 aromatic rings. The minimum absolute atomic E-state index is 0.210. The van der Waals surface area contributed by atoms with Crippen molar-refractivity contribution in [3.63, 3.8) is 0 Å². The molecule has 1 aliphatic rings. The highest BCUT2D eigenvalue weighted by atomic mass is 32.1. The molecule has 1 aromatic heterocycles. The molecule has 0 atom stereocenters. The number of nitrogens with two attached hydrogens (primary N) is 1. The van der Waals surface area contributed by atoms with E-state index in [0.717, 1.165) is 30.2 Å². The average molecular weight is 277 g/mol. The largest absolute Gasteiger partial charge is 0.396 e. The van der Waals surface area contributed by atoms with E-state index < -0.39 is 0 Å². The van der Waals surface area contributed by atoms with Crippen molar-refractivity contribution < 1.29 is 4.39 Å². The lowest BCUT2D eigenvalue weighted by Crippen LogP contribution is -2.16. The van der Waals surface area contributed by atoms with Gasteiger partial charge < -0.3 is 10.6 Å². The molecule has 0 saturated carbocycles. The number of halogens is 1. The molecule has 3 nitrogen and oxygen atoms in total. The summed E-state index contributed by atoms with van der Waals surface area (Å²) in [6.45, 7) is 2.22. The number of anilines is 2. The van der Waals surface area contributed by atoms with Gasteiger partial charge in [-0.2, -0.15) is 0 Å². The van der Waals surface area contributed by atoms with Crippen LogP contribution in [-0.2, 0) is 6.42 Å². The van der Waals surface area contributed by atoms with Crippen LogP contribution in [0.15, 0.2) is 24.4 Å². The van der Waals surface area contributed by atoms with Gasteiger partial charge in [-0.25, -0.2) is 9.37 Å². The van der Waals surface area contributed by atoms with Gasteiger partial charge in [-0.1, -0.05) is 6.07 Å². The van der Waals surface area contributed by atoms with Gasteiger partial charge in [-0.15, -0.1) is 11.3 Å². The van der Waals surface area contributed by atoms with Crippen LogP contribution < -0.4 is 10.6 Å². The van der Waals surface area contributed by atoms with Crippen molar-refractivity contribution in [3.8, 4) is 0 Å². The minimum Gasteiger partial charge on any atom is -0.396 e. The molecular weight excluding hydrogens is 261 g/mol. The first-order valence-corrected chi connectivity index (χ1v) is 7.27. The molecule has 0 spiro atoms. The molecule has 0 amide bonds. The molecule has 1 aliphatic heterocycles. The van der Waals surface area contributed by atoms with Gasteiger partial charge in [-0.3, -0.25) is 0 Å². The molecule has 2 heterocycles. The molecule has 0 radical (unpaired) electrons. The van der Waals surface area contributed by atoms with Crippen molar-refractivity contribution in [2.24, 2.45) is 0 Å². The molecule has 1 fully saturated rings. The van der Waals surface area contributed by atoms with E-state index in [0.29, 0.717) is 0 Å². The lowest BCUT2D eigenvalue weighted by atomic mass is 10.1. The standard InChI is InChI=1S/C14H16FN3S/c15-12-4-3-10(8-13(12)16)7-11-9-17-14(19-11)18-5-1-2-6-18/h3-4,8-9H,1-2,5-7,16H2. The monoisotopic (exact) mass is 277 g/mol. The highest BCUT2D eigenvalue weighted by molar-refractivity contribution is 7.15. The third-order valence-corrected chi connectivity index (χ3v) is 4.41. The number of benzene rings is 1. The Kier molecular flexibility index (Phi) is 3.38. The predicted molar refractivity (Wildman–Crippen MR) is 77.2 cm³/mol. The number of hydrogen-bond acceptors (Lipinski definition) is 4. The molecule has 0 bridgehead atoms. The predicted octanol–water partition coefficient (Wildman–Crippen LogP) is 3.06. The van der Waals surface area contributed by atoms with E-state index in [9.17, 15) is 4.39 Å². The zero-order valence-electron chi connectivity index (χ0n) is 10.6. The summed E-state index contributed by atoms with van der Waals surface area (Å²) in [5, 5.41) is 1.10. The number of hydrogen-bond donors (Lipinski definition) is 1. The smallest absolute Gasteiger partial charge is 0.185 e. The lowest BCUT2D eigenvalue weighted by molar-refractivity contribution is 0.632. The molecular formula is C14H16FN3S. The fourth-order valence-corrected chi connectivity index (χ4v) is 3.33. The van der Waals surface area contributed by atoms with Crippen LogP contribution in [-0.4, -0.2) is 18.1 Å². The van der Waals surface area contributed by atoms with Crippen LogP contribution in [0.2, 0.25) is 0 Å². The maximum atomic E-state index is 13.1. The Morgan fingerprint density at radius 3 is 2.84 bits per heavy atom. The van der Waals surface area contributed by atoms with E-state index in [-0.39, 0.29) is 11.5 Å². The van der Waals surface area contributed by atoms with Gasteiger partial charge in [0.05, 0.1) is 5.69 Å². The summed E-state index contributed by atoms with van der Waals surface area (Å²) < 4.78 is 13.1. The number of aromatic nitrogens is 1. The van der Waals surface area contributed by atoms with Crippen LogP contribution in [0.3, 0.4) is 0 Å². The SMILES string of the molecule is Nc1cc(Cc2cnc(N3CCCC3)s2)ccc1F. The van der Waals surface area contributed by atoms with Crippen molar-refractivity contribution >= 4 is 22.2 Å². The summed E-state index contributed by atoms with van der Waals surface area (Å²) in [6.07, 6.45) is 5.18. The van der Waals surface area contributed by atoms with Crippen molar-refractivity contribution in [1.82, 2.24) is 4.98 Å². The first-order valence-electron chi connectivity index (χ1n) is 6.46. The Labute approximate surface area is 115 Å². The summed E-state index contributed by atoms with van der Waals surface area (Å²) in [4.78, 5) is 7.99. The number of nitrogen functional groups attached to an aromatic ring is 1. The quantitative estimate of drug-likeness (QED) is 0.877. The average Bonchev–Trinajstić information content (AvgIpc) is 3.04. The summed E-state index contributed by atoms with van der Waals surface area (Å²) in [5.41, 5.74) is 6.82. The second-order valence-corrected chi connectivity index (χ2v) is 5.93. The van der Waals surface area contributed by atoms with Gasteiger partial charge in [0.15, 0.2) is 5.13 Å². The normalized spacial score (nSPS) is 15.1. The van der Waals surface area contributed by atoms with E-state index in [2.05, 4.69) is 9.88 Å². The Hall–Kier alpha value is -1.62. The maximum Gasteiger partial charge on any atom is 0.185 e. The van der Waals surface area contributed by atoms with Crippen molar-refractivity contribution in [2.75, 3.05) is 23.7 Å². The van der Waals surface area contributed by atoms with E-state index in [4.69, 9.17) is 5.73 Å². The molecule has 3 rings (SSSR count). The number of rotatable bonds is 3. The van der Waals surface area contributed by atoms with Gasteiger partial charge in [0, 0.05) is 30.6 Å². The van der Waals surface area contributed by atoms with Crippen molar-refractivity contribution in [2.45, 2.75) is 19.3 Å². The maximum absolute atomic E-state index is 13.1. The summed E-state index contributed by atoms with van der Waals surface area (Å²) in [6, 6.07) is 4.90. The summed E-state index contributed by atoms with van der Waals surface area (Å²) in [5.74, 6) is -0.356. The summed E-state index contributed by atoms with van der Waals surface area (Å²) >= 11 is 1.72. The summed E-state index contributed by atoms with van der Waals surface area (Å²) in [7, 11) is 0. The molecule has 1 aromatic carbocycles. The highest BCUT2D eigenvalue weighted by Crippen LogP contribution is 2.27. The fraction of sp³-hybridized carbons (Fsp3) is 0.357. The molecule has 2 N–H and O–H groups in total. The first kappa shape index (κ1) is 12.4. The van der Waals surface area contributed by atoms with E-state index in [1.165, 1.54) is 23.8 Å². The van der Waals surface area contributed by atoms with E-state index in [1.54, 1.807) is 23.5 Å². The van der Waals surface area contributed by atoms with Crippen molar-refractivity contribution in [1.29, 1.82) is 0 Å². The third kappa shape index (κ3) is 2.71. The van der Waals surface area contributed by atoms with Crippen LogP contribution in [0.1, 0.15) is 23.3 Å². The molecule has 100 valence electrons. The third-order valence-electron chi connectivity index (χ3n) is 3.36. The molecule has 1 saturated heterocycles. The Morgan fingerprint density at radius 1 is 1.32 bits per heavy atom. The topological polar surface area (TPSA) is 42.1 Å². The van der Waals surface area contributed by atoms with E-state index >= 15 is 0 Å². The van der Waals surface area contributed by atoms with Crippen LogP contribution in [0.4, 0.5) is 15.2 Å². The number of thiazole rings is 1. The van der Waals surface area contributed by atoms with Crippen LogP contribution in [0, 0.1) is 5.82 Å². The second kappa shape index (κ2) is 5.17. The van der Waals surface area contributed by atoms with Gasteiger partial charge in [0.25, 0.3) is 0 Å². The highest BCUT2D eigenvalue weighted by Gasteiger charge is 2.15. The van der Waals surface area contributed by atoms with Gasteiger partial charge in [0.1, 0.15) is 5.82 Å². The molecule has 19 heavy (non-hydrogen) atoms. The minimum atomic E-state index is -0.356. The number of nitrogens with zero attached hydrogens (tertiary/aromatic N) is 2. The second-order valence-electron chi connectivity index (χ2n) is 4.84. The zero-order chi connectivity index (χ0) is 13.2. The van der Waals surface area contributed by atoms with Crippen LogP contribution in [0.25, 0.3) is 0 Å². The van der Waals surface area contributed by atoms with Crippen molar-refractivity contribution in [3.05, 3.63) is 40.7 Å². The lowest BCUT2D eigenvalue weighted by Gasteiger charge is -2.12. The molecule has 0 aliphatic carbocycles.